The van der Waals surface area contributed by atoms with E-state index in [1.165, 1.54) is 22.7 Å². The lowest BCUT2D eigenvalue weighted by Crippen LogP contribution is -2.28. The van der Waals surface area contributed by atoms with E-state index >= 15 is 0 Å². The van der Waals surface area contributed by atoms with Crippen LogP contribution in [0.1, 0.15) is 28.7 Å². The van der Waals surface area contributed by atoms with E-state index in [9.17, 15) is 4.79 Å². The summed E-state index contributed by atoms with van der Waals surface area (Å²) in [6, 6.07) is 3.74. The van der Waals surface area contributed by atoms with Gasteiger partial charge in [0, 0.05) is 13.2 Å². The Morgan fingerprint density at radius 3 is 2.86 bits per heavy atom. The van der Waals surface area contributed by atoms with Gasteiger partial charge in [0.05, 0.1) is 14.9 Å². The van der Waals surface area contributed by atoms with E-state index in [4.69, 9.17) is 16.7 Å². The van der Waals surface area contributed by atoms with Crippen LogP contribution in [0.2, 0.25) is 4.34 Å². The fourth-order valence-corrected chi connectivity index (χ4v) is 3.89. The van der Waals surface area contributed by atoms with Crippen LogP contribution in [0.3, 0.4) is 0 Å². The maximum Gasteiger partial charge on any atom is 0.263 e. The largest absolute Gasteiger partial charge is 0.396 e. The van der Waals surface area contributed by atoms with Crippen molar-refractivity contribution < 1.29 is 9.90 Å². The van der Waals surface area contributed by atoms with E-state index in [2.05, 4.69) is 10.3 Å². The number of carbonyl (C=O) groups excluding carboxylic acids is 1. The third-order valence-corrected chi connectivity index (χ3v) is 5.58. The summed E-state index contributed by atoms with van der Waals surface area (Å²) >= 11 is 8.76. The average molecular weight is 345 g/mol. The summed E-state index contributed by atoms with van der Waals surface area (Å²) < 4.78 is 0.710. The van der Waals surface area contributed by atoms with E-state index in [1.54, 1.807) is 0 Å². The number of carbonyl (C=O) groups is 1. The van der Waals surface area contributed by atoms with E-state index in [0.29, 0.717) is 22.2 Å². The number of amides is 1. The van der Waals surface area contributed by atoms with Crippen LogP contribution in [0.4, 0.5) is 0 Å². The van der Waals surface area contributed by atoms with Crippen LogP contribution in [-0.4, -0.2) is 29.1 Å². The number of nitrogens with one attached hydrogen (secondary N) is 1. The third-order valence-electron chi connectivity index (χ3n) is 3.02. The summed E-state index contributed by atoms with van der Waals surface area (Å²) in [5.41, 5.74) is 0.729. The fourth-order valence-electron chi connectivity index (χ4n) is 1.81. The number of aryl methyl sites for hydroxylation is 1. The molecule has 2 aromatic heterocycles. The summed E-state index contributed by atoms with van der Waals surface area (Å²) in [4.78, 5) is 18.2. The first-order chi connectivity index (χ1) is 10.0. The number of thiazole rings is 1. The normalized spacial score (nSPS) is 12.4. The van der Waals surface area contributed by atoms with Gasteiger partial charge in [0.15, 0.2) is 0 Å². The molecule has 7 heteroatoms. The molecule has 0 saturated heterocycles. The highest BCUT2D eigenvalue weighted by atomic mass is 35.5. The number of rotatable bonds is 6. The quantitative estimate of drug-likeness (QED) is 0.841. The molecular formula is C14H17ClN2O2S2. The standard InChI is InChI=1S/C14H17ClN2O2S2/c1-8(5-6-18)7-16-13(19)12-9(2)17-14(21-12)10-3-4-11(15)20-10/h3-4,8,18H,5-7H2,1-2H3,(H,16,19). The van der Waals surface area contributed by atoms with Gasteiger partial charge in [-0.15, -0.1) is 22.7 Å². The SMILES string of the molecule is Cc1nc(-c2ccc(Cl)s2)sc1C(=O)NCC(C)CCO. The van der Waals surface area contributed by atoms with Gasteiger partial charge in [-0.3, -0.25) is 4.79 Å². The summed E-state index contributed by atoms with van der Waals surface area (Å²) in [7, 11) is 0. The number of halogens is 1. The highest BCUT2D eigenvalue weighted by molar-refractivity contribution is 7.24. The van der Waals surface area contributed by atoms with Crippen molar-refractivity contribution in [2.75, 3.05) is 13.2 Å². The van der Waals surface area contributed by atoms with Crippen LogP contribution in [0.15, 0.2) is 12.1 Å². The van der Waals surface area contributed by atoms with Crippen molar-refractivity contribution in [1.82, 2.24) is 10.3 Å². The number of hydrogen-bond acceptors (Lipinski definition) is 5. The number of hydrogen-bond donors (Lipinski definition) is 2. The molecule has 114 valence electrons. The molecular weight excluding hydrogens is 328 g/mol. The number of nitrogens with zero attached hydrogens (tertiary/aromatic N) is 1. The molecule has 0 aliphatic rings. The van der Waals surface area contributed by atoms with Gasteiger partial charge in [-0.1, -0.05) is 18.5 Å². The number of thiophene rings is 1. The molecule has 1 unspecified atom stereocenters. The molecule has 0 spiro atoms. The molecule has 0 saturated carbocycles. The van der Waals surface area contributed by atoms with Crippen molar-refractivity contribution in [3.63, 3.8) is 0 Å². The predicted octanol–water partition coefficient (Wildman–Crippen LogP) is 3.58. The Morgan fingerprint density at radius 1 is 1.48 bits per heavy atom. The molecule has 0 aliphatic carbocycles. The molecule has 2 N–H and O–H groups in total. The Labute approximate surface area is 136 Å². The first-order valence-electron chi connectivity index (χ1n) is 6.63. The molecule has 21 heavy (non-hydrogen) atoms. The van der Waals surface area contributed by atoms with Gasteiger partial charge in [0.1, 0.15) is 9.88 Å². The minimum Gasteiger partial charge on any atom is -0.396 e. The second kappa shape index (κ2) is 7.35. The molecule has 0 aliphatic heterocycles. The van der Waals surface area contributed by atoms with Crippen LogP contribution in [0, 0.1) is 12.8 Å². The highest BCUT2D eigenvalue weighted by Crippen LogP contribution is 2.34. The van der Waals surface area contributed by atoms with Gasteiger partial charge in [-0.05, 0) is 31.4 Å². The molecule has 0 bridgehead atoms. The van der Waals surface area contributed by atoms with Crippen molar-refractivity contribution in [3.05, 3.63) is 27.0 Å². The van der Waals surface area contributed by atoms with Crippen LogP contribution < -0.4 is 5.32 Å². The molecule has 2 rings (SSSR count). The topological polar surface area (TPSA) is 62.2 Å². The molecule has 2 aromatic rings. The molecule has 1 atom stereocenters. The van der Waals surface area contributed by atoms with Gasteiger partial charge < -0.3 is 10.4 Å². The summed E-state index contributed by atoms with van der Waals surface area (Å²) in [6.45, 7) is 4.52. The molecule has 2 heterocycles. The van der Waals surface area contributed by atoms with Crippen molar-refractivity contribution >= 4 is 40.2 Å². The van der Waals surface area contributed by atoms with Gasteiger partial charge in [0.2, 0.25) is 0 Å². The Morgan fingerprint density at radius 2 is 2.24 bits per heavy atom. The maximum absolute atomic E-state index is 12.2. The lowest BCUT2D eigenvalue weighted by atomic mass is 10.1. The first-order valence-corrected chi connectivity index (χ1v) is 8.64. The third kappa shape index (κ3) is 4.26. The zero-order valence-electron chi connectivity index (χ0n) is 11.9. The van der Waals surface area contributed by atoms with E-state index in [1.807, 2.05) is 26.0 Å². The second-order valence-corrected chi connectivity index (χ2v) is 7.58. The number of aromatic nitrogens is 1. The summed E-state index contributed by atoms with van der Waals surface area (Å²) in [5, 5.41) is 12.6. The van der Waals surface area contributed by atoms with E-state index < -0.39 is 0 Å². The fraction of sp³-hybridized carbons (Fsp3) is 0.429. The Bertz CT molecular complexity index is 624. The Kier molecular flexibility index (Phi) is 5.75. The molecule has 1 amide bonds. The molecule has 0 fully saturated rings. The molecule has 0 radical (unpaired) electrons. The minimum atomic E-state index is -0.108. The van der Waals surface area contributed by atoms with E-state index in [0.717, 1.165) is 15.6 Å². The summed E-state index contributed by atoms with van der Waals surface area (Å²) in [5.74, 6) is 0.145. The monoisotopic (exact) mass is 344 g/mol. The van der Waals surface area contributed by atoms with Gasteiger partial charge in [-0.25, -0.2) is 4.98 Å². The lowest BCUT2D eigenvalue weighted by Gasteiger charge is -2.10. The van der Waals surface area contributed by atoms with Gasteiger partial charge in [-0.2, -0.15) is 0 Å². The van der Waals surface area contributed by atoms with Crippen LogP contribution in [-0.2, 0) is 0 Å². The average Bonchev–Trinajstić information content (AvgIpc) is 3.02. The number of aliphatic hydroxyl groups is 1. The smallest absolute Gasteiger partial charge is 0.263 e. The molecule has 4 nitrogen and oxygen atoms in total. The van der Waals surface area contributed by atoms with Crippen molar-refractivity contribution in [2.24, 2.45) is 5.92 Å². The van der Waals surface area contributed by atoms with Crippen molar-refractivity contribution in [1.29, 1.82) is 0 Å². The van der Waals surface area contributed by atoms with Crippen LogP contribution in [0.5, 0.6) is 0 Å². The van der Waals surface area contributed by atoms with Gasteiger partial charge in [0.25, 0.3) is 5.91 Å². The van der Waals surface area contributed by atoms with Crippen LogP contribution in [0.25, 0.3) is 9.88 Å². The zero-order valence-corrected chi connectivity index (χ0v) is 14.2. The van der Waals surface area contributed by atoms with Crippen molar-refractivity contribution in [3.8, 4) is 9.88 Å². The van der Waals surface area contributed by atoms with Crippen molar-refractivity contribution in [2.45, 2.75) is 20.3 Å². The lowest BCUT2D eigenvalue weighted by molar-refractivity contribution is 0.0948. The minimum absolute atomic E-state index is 0.108. The highest BCUT2D eigenvalue weighted by Gasteiger charge is 2.17. The Hall–Kier alpha value is -0.950. The Balaban J connectivity index is 2.06. The number of aliphatic hydroxyl groups excluding tert-OH is 1. The van der Waals surface area contributed by atoms with E-state index in [-0.39, 0.29) is 18.4 Å². The second-order valence-electron chi connectivity index (χ2n) is 4.86. The summed E-state index contributed by atoms with van der Waals surface area (Å²) in [6.07, 6.45) is 0.681. The van der Waals surface area contributed by atoms with Gasteiger partial charge >= 0.3 is 0 Å². The predicted molar refractivity (Wildman–Crippen MR) is 88.4 cm³/mol. The zero-order chi connectivity index (χ0) is 15.4. The first kappa shape index (κ1) is 16.4. The van der Waals surface area contributed by atoms with Crippen LogP contribution >= 0.6 is 34.3 Å². The maximum atomic E-state index is 12.2. The molecule has 0 aromatic carbocycles.